The highest BCUT2D eigenvalue weighted by molar-refractivity contribution is 7.91. The normalized spacial score (nSPS) is 25.2. The molecule has 1 fully saturated rings. The molecule has 1 aliphatic heterocycles. The molecule has 1 aliphatic rings. The van der Waals surface area contributed by atoms with Gasteiger partial charge < -0.3 is 5.32 Å². The third kappa shape index (κ3) is 6.10. The molecule has 1 saturated heterocycles. The maximum Gasteiger partial charge on any atom is 0.151 e. The van der Waals surface area contributed by atoms with Crippen LogP contribution in [0.2, 0.25) is 0 Å². The van der Waals surface area contributed by atoms with Gasteiger partial charge in [-0.05, 0) is 25.2 Å². The number of nitrogens with one attached hydrogen (secondary N) is 1. The van der Waals surface area contributed by atoms with E-state index in [1.54, 1.807) is 0 Å². The molecule has 4 nitrogen and oxygen atoms in total. The lowest BCUT2D eigenvalue weighted by Gasteiger charge is -2.40. The van der Waals surface area contributed by atoms with Crippen molar-refractivity contribution in [1.29, 1.82) is 0 Å². The minimum absolute atomic E-state index is 0.311. The zero-order valence-electron chi connectivity index (χ0n) is 13.6. The highest BCUT2D eigenvalue weighted by Crippen LogP contribution is 2.15. The Morgan fingerprint density at radius 2 is 1.95 bits per heavy atom. The Bertz CT molecular complexity index is 368. The van der Waals surface area contributed by atoms with Crippen molar-refractivity contribution in [2.24, 2.45) is 5.92 Å². The largest absolute Gasteiger partial charge is 0.311 e. The highest BCUT2D eigenvalue weighted by atomic mass is 32.2. The summed E-state index contributed by atoms with van der Waals surface area (Å²) in [6.07, 6.45) is 2.96. The first-order valence-corrected chi connectivity index (χ1v) is 9.88. The van der Waals surface area contributed by atoms with Gasteiger partial charge >= 0.3 is 0 Å². The van der Waals surface area contributed by atoms with Crippen molar-refractivity contribution in [1.82, 2.24) is 10.2 Å². The van der Waals surface area contributed by atoms with E-state index in [0.29, 0.717) is 36.1 Å². The van der Waals surface area contributed by atoms with E-state index in [1.807, 2.05) is 6.92 Å². The molecule has 0 saturated carbocycles. The summed E-state index contributed by atoms with van der Waals surface area (Å²) < 4.78 is 23.8. The van der Waals surface area contributed by atoms with Gasteiger partial charge in [0.2, 0.25) is 0 Å². The van der Waals surface area contributed by atoms with Crippen molar-refractivity contribution in [3.8, 4) is 0 Å². The summed E-state index contributed by atoms with van der Waals surface area (Å²) in [5, 5.41) is 3.61. The molecule has 0 amide bonds. The number of rotatable bonds is 8. The van der Waals surface area contributed by atoms with Crippen LogP contribution in [0.1, 0.15) is 47.0 Å². The molecule has 20 heavy (non-hydrogen) atoms. The third-order valence-electron chi connectivity index (χ3n) is 4.05. The molecule has 0 radical (unpaired) electrons. The molecule has 120 valence electrons. The monoisotopic (exact) mass is 304 g/mol. The molecule has 0 aliphatic carbocycles. The van der Waals surface area contributed by atoms with Crippen molar-refractivity contribution in [2.45, 2.75) is 59.0 Å². The number of nitrogens with zero attached hydrogens (tertiary/aromatic N) is 1. The first-order valence-electron chi connectivity index (χ1n) is 8.05. The summed E-state index contributed by atoms with van der Waals surface area (Å²) >= 11 is 0. The molecule has 0 aromatic carbocycles. The van der Waals surface area contributed by atoms with Crippen LogP contribution in [0.25, 0.3) is 0 Å². The van der Waals surface area contributed by atoms with Crippen LogP contribution in [0.4, 0.5) is 0 Å². The average Bonchev–Trinajstić information content (AvgIpc) is 2.36. The van der Waals surface area contributed by atoms with E-state index < -0.39 is 9.84 Å². The lowest BCUT2D eigenvalue weighted by molar-refractivity contribution is 0.126. The molecule has 0 spiro atoms. The van der Waals surface area contributed by atoms with Crippen LogP contribution in [0.5, 0.6) is 0 Å². The number of sulfone groups is 1. The Morgan fingerprint density at radius 3 is 2.50 bits per heavy atom. The van der Waals surface area contributed by atoms with Crippen molar-refractivity contribution in [3.05, 3.63) is 0 Å². The predicted molar refractivity (Wildman–Crippen MR) is 85.8 cm³/mol. The second-order valence-electron chi connectivity index (χ2n) is 6.44. The van der Waals surface area contributed by atoms with Gasteiger partial charge in [0, 0.05) is 37.5 Å². The maximum absolute atomic E-state index is 11.9. The molecule has 5 heteroatoms. The minimum Gasteiger partial charge on any atom is -0.311 e. The Balaban J connectivity index is 2.54. The van der Waals surface area contributed by atoms with Crippen LogP contribution >= 0.6 is 0 Å². The summed E-state index contributed by atoms with van der Waals surface area (Å²) in [6, 6.07) is 0.988. The molecule has 1 heterocycles. The van der Waals surface area contributed by atoms with Gasteiger partial charge in [0.15, 0.2) is 9.84 Å². The first-order chi connectivity index (χ1) is 9.38. The van der Waals surface area contributed by atoms with Crippen LogP contribution in [0.3, 0.4) is 0 Å². The van der Waals surface area contributed by atoms with Crippen LogP contribution in [-0.2, 0) is 9.84 Å². The first kappa shape index (κ1) is 17.9. The van der Waals surface area contributed by atoms with Gasteiger partial charge in [-0.1, -0.05) is 27.7 Å². The molecule has 1 rings (SSSR count). The summed E-state index contributed by atoms with van der Waals surface area (Å²) in [6.45, 7) is 11.3. The van der Waals surface area contributed by atoms with Crippen molar-refractivity contribution in [2.75, 3.05) is 31.1 Å². The van der Waals surface area contributed by atoms with Crippen molar-refractivity contribution in [3.63, 3.8) is 0 Å². The second-order valence-corrected chi connectivity index (χ2v) is 8.75. The van der Waals surface area contributed by atoms with Crippen LogP contribution in [0.15, 0.2) is 0 Å². The van der Waals surface area contributed by atoms with Gasteiger partial charge in [-0.15, -0.1) is 0 Å². The van der Waals surface area contributed by atoms with E-state index >= 15 is 0 Å². The zero-order chi connectivity index (χ0) is 15.2. The Morgan fingerprint density at radius 1 is 1.25 bits per heavy atom. The smallest absolute Gasteiger partial charge is 0.151 e. The molecular weight excluding hydrogens is 272 g/mol. The summed E-state index contributed by atoms with van der Waals surface area (Å²) in [5.41, 5.74) is 0. The van der Waals surface area contributed by atoms with E-state index in [2.05, 4.69) is 31.0 Å². The van der Waals surface area contributed by atoms with Crippen LogP contribution < -0.4 is 5.32 Å². The molecule has 0 aromatic heterocycles. The van der Waals surface area contributed by atoms with Crippen molar-refractivity contribution >= 4 is 9.84 Å². The fraction of sp³-hybridized carbons (Fsp3) is 1.00. The molecule has 2 atom stereocenters. The Kier molecular flexibility index (Phi) is 7.48. The SMILES string of the molecule is CCCS(=O)(=O)CCN1CC(CC(C)C)NCC1CC. The standard InChI is InChI=1S/C15H32N2O2S/c1-5-8-20(18,19)9-7-17-12-14(10-13(3)4)16-11-15(17)6-2/h13-16H,5-12H2,1-4H3. The van der Waals surface area contributed by atoms with Gasteiger partial charge in [-0.2, -0.15) is 0 Å². The van der Waals surface area contributed by atoms with E-state index in [4.69, 9.17) is 0 Å². The van der Waals surface area contributed by atoms with Gasteiger partial charge in [0.1, 0.15) is 0 Å². The quantitative estimate of drug-likeness (QED) is 0.744. The van der Waals surface area contributed by atoms with E-state index in [0.717, 1.165) is 32.4 Å². The van der Waals surface area contributed by atoms with E-state index in [-0.39, 0.29) is 0 Å². The highest BCUT2D eigenvalue weighted by Gasteiger charge is 2.27. The number of piperazine rings is 1. The van der Waals surface area contributed by atoms with E-state index in [1.165, 1.54) is 0 Å². The molecule has 0 aromatic rings. The van der Waals surface area contributed by atoms with Crippen LogP contribution in [-0.4, -0.2) is 56.5 Å². The fourth-order valence-electron chi connectivity index (χ4n) is 3.00. The van der Waals surface area contributed by atoms with Gasteiger partial charge in [-0.25, -0.2) is 8.42 Å². The Labute approximate surface area is 125 Å². The molecular formula is C15H32N2O2S. The minimum atomic E-state index is -2.87. The summed E-state index contributed by atoms with van der Waals surface area (Å²) in [7, 11) is -2.87. The summed E-state index contributed by atoms with van der Waals surface area (Å²) in [4.78, 5) is 2.39. The molecule has 2 unspecified atom stereocenters. The number of hydrogen-bond acceptors (Lipinski definition) is 4. The average molecular weight is 305 g/mol. The maximum atomic E-state index is 11.9. The molecule has 1 N–H and O–H groups in total. The second kappa shape index (κ2) is 8.35. The van der Waals surface area contributed by atoms with Gasteiger partial charge in [0.25, 0.3) is 0 Å². The topological polar surface area (TPSA) is 49.4 Å². The van der Waals surface area contributed by atoms with Gasteiger partial charge in [0.05, 0.1) is 5.75 Å². The predicted octanol–water partition coefficient (Wildman–Crippen LogP) is 1.91. The van der Waals surface area contributed by atoms with Crippen LogP contribution in [0, 0.1) is 5.92 Å². The fourth-order valence-corrected chi connectivity index (χ4v) is 4.34. The van der Waals surface area contributed by atoms with E-state index in [9.17, 15) is 8.42 Å². The third-order valence-corrected chi connectivity index (χ3v) is 5.88. The Hall–Kier alpha value is -0.130. The number of hydrogen-bond donors (Lipinski definition) is 1. The van der Waals surface area contributed by atoms with Crippen molar-refractivity contribution < 1.29 is 8.42 Å². The lowest BCUT2D eigenvalue weighted by atomic mass is 9.99. The lowest BCUT2D eigenvalue weighted by Crippen LogP contribution is -2.57. The molecule has 0 bridgehead atoms. The summed E-state index contributed by atoms with van der Waals surface area (Å²) in [5.74, 6) is 1.31. The zero-order valence-corrected chi connectivity index (χ0v) is 14.4. The van der Waals surface area contributed by atoms with Gasteiger partial charge in [-0.3, -0.25) is 4.90 Å².